The molecule has 1 aromatic heterocycles. The Kier molecular flexibility index (Phi) is 7.65. The number of aromatic nitrogens is 3. The molecule has 3 atom stereocenters. The van der Waals surface area contributed by atoms with Gasteiger partial charge in [-0.2, -0.15) is 5.10 Å². The standard InChI is InChI=1S/C26H30F2N4O4/c1-18(21-11-19(13-27)10-20(12-21)14-28)36-16-25(22-6-4-3-5-7-22)8-9-26(15-29-25,23(33)35-2)32-17-30-31-24(32)34/h3-7,10-12,17-18,29H,8-9,13-16H2,1-2H3,(H,31,34)/t18-,25-,26+/m1/s1. The maximum absolute atomic E-state index is 13.3. The van der Waals surface area contributed by atoms with Crippen LogP contribution < -0.4 is 11.0 Å². The highest BCUT2D eigenvalue weighted by atomic mass is 19.1. The highest BCUT2D eigenvalue weighted by Crippen LogP contribution is 2.39. The van der Waals surface area contributed by atoms with Crippen LogP contribution in [0.15, 0.2) is 59.7 Å². The molecule has 0 radical (unpaired) electrons. The van der Waals surface area contributed by atoms with Gasteiger partial charge in [-0.1, -0.05) is 48.5 Å². The van der Waals surface area contributed by atoms with Crippen molar-refractivity contribution in [2.45, 2.75) is 50.3 Å². The largest absolute Gasteiger partial charge is 0.467 e. The number of nitrogens with zero attached hydrogens (tertiary/aromatic N) is 2. The number of nitrogens with one attached hydrogen (secondary N) is 2. The van der Waals surface area contributed by atoms with Gasteiger partial charge in [0.05, 0.1) is 25.4 Å². The molecule has 1 aliphatic rings. The fourth-order valence-electron chi connectivity index (χ4n) is 4.89. The van der Waals surface area contributed by atoms with E-state index in [0.29, 0.717) is 29.5 Å². The number of ether oxygens (including phenoxy) is 2. The van der Waals surface area contributed by atoms with Crippen LogP contribution in [0.4, 0.5) is 8.78 Å². The molecule has 2 aromatic carbocycles. The van der Waals surface area contributed by atoms with Gasteiger partial charge in [0.25, 0.3) is 0 Å². The van der Waals surface area contributed by atoms with E-state index >= 15 is 0 Å². The third-order valence-electron chi connectivity index (χ3n) is 7.02. The number of carbonyl (C=O) groups excluding carboxylic acids is 1. The van der Waals surface area contributed by atoms with Crippen LogP contribution in [0.5, 0.6) is 0 Å². The second-order valence-corrected chi connectivity index (χ2v) is 9.16. The Morgan fingerprint density at radius 3 is 2.36 bits per heavy atom. The summed E-state index contributed by atoms with van der Waals surface area (Å²) in [6, 6.07) is 14.6. The molecule has 0 aliphatic carbocycles. The normalized spacial score (nSPS) is 22.8. The molecule has 4 rings (SSSR count). The van der Waals surface area contributed by atoms with Crippen LogP contribution in [0.25, 0.3) is 0 Å². The number of H-pyrrole nitrogens is 1. The summed E-state index contributed by atoms with van der Waals surface area (Å²) in [6.45, 7) is 0.790. The maximum Gasteiger partial charge on any atom is 0.344 e. The number of alkyl halides is 2. The number of benzene rings is 2. The van der Waals surface area contributed by atoms with Gasteiger partial charge in [-0.25, -0.2) is 23.5 Å². The Morgan fingerprint density at radius 2 is 1.83 bits per heavy atom. The fourth-order valence-corrected chi connectivity index (χ4v) is 4.89. The quantitative estimate of drug-likeness (QED) is 0.437. The minimum absolute atomic E-state index is 0.106. The van der Waals surface area contributed by atoms with E-state index in [2.05, 4.69) is 15.5 Å². The SMILES string of the molecule is COC(=O)[C@]1(n2cn[nH]c2=O)CC[C@@](CO[C@H](C)c2cc(CF)cc(CF)c2)(c2ccccc2)NC1. The molecule has 1 fully saturated rings. The van der Waals surface area contributed by atoms with Crippen LogP contribution in [-0.2, 0) is 38.7 Å². The van der Waals surface area contributed by atoms with Crippen LogP contribution in [-0.4, -0.2) is 41.0 Å². The predicted molar refractivity (Wildman–Crippen MR) is 129 cm³/mol. The van der Waals surface area contributed by atoms with Gasteiger partial charge in [0.15, 0.2) is 5.54 Å². The number of rotatable bonds is 9. The van der Waals surface area contributed by atoms with E-state index in [0.717, 1.165) is 5.56 Å². The van der Waals surface area contributed by atoms with Crippen LogP contribution in [0, 0.1) is 0 Å². The Balaban J connectivity index is 1.62. The molecule has 2 N–H and O–H groups in total. The summed E-state index contributed by atoms with van der Waals surface area (Å²) in [7, 11) is 1.29. The van der Waals surface area contributed by atoms with Crippen molar-refractivity contribution < 1.29 is 23.0 Å². The van der Waals surface area contributed by atoms with Crippen LogP contribution in [0.3, 0.4) is 0 Å². The Bertz CT molecular complexity index is 1210. The molecule has 0 spiro atoms. The van der Waals surface area contributed by atoms with Crippen LogP contribution in [0.1, 0.15) is 48.1 Å². The molecule has 1 aliphatic heterocycles. The first-order chi connectivity index (χ1) is 17.4. The van der Waals surface area contributed by atoms with Gasteiger partial charge < -0.3 is 14.8 Å². The summed E-state index contributed by atoms with van der Waals surface area (Å²) >= 11 is 0. The Hall–Kier alpha value is -3.37. The molecule has 8 nitrogen and oxygen atoms in total. The van der Waals surface area contributed by atoms with Crippen molar-refractivity contribution >= 4 is 5.97 Å². The zero-order valence-electron chi connectivity index (χ0n) is 20.3. The maximum atomic E-state index is 13.3. The summed E-state index contributed by atoms with van der Waals surface area (Å²) in [5.41, 5.74) is -0.0106. The van der Waals surface area contributed by atoms with Gasteiger partial charge >= 0.3 is 11.7 Å². The fraction of sp³-hybridized carbons (Fsp3) is 0.423. The molecule has 192 valence electrons. The molecule has 2 heterocycles. The number of halogens is 2. The molecule has 0 unspecified atom stereocenters. The third kappa shape index (κ3) is 4.83. The zero-order valence-corrected chi connectivity index (χ0v) is 20.3. The summed E-state index contributed by atoms with van der Waals surface area (Å²) in [5, 5.41) is 9.60. The molecule has 0 bridgehead atoms. The lowest BCUT2D eigenvalue weighted by atomic mass is 9.76. The minimum atomic E-state index is -1.27. The van der Waals surface area contributed by atoms with Crippen molar-refractivity contribution in [3.63, 3.8) is 0 Å². The van der Waals surface area contributed by atoms with E-state index in [1.54, 1.807) is 12.1 Å². The van der Waals surface area contributed by atoms with E-state index in [4.69, 9.17) is 9.47 Å². The number of hydrogen-bond donors (Lipinski definition) is 2. The van der Waals surface area contributed by atoms with Crippen molar-refractivity contribution in [3.05, 3.63) is 87.6 Å². The van der Waals surface area contributed by atoms with E-state index in [1.807, 2.05) is 37.3 Å². The van der Waals surface area contributed by atoms with E-state index < -0.39 is 42.2 Å². The summed E-state index contributed by atoms with van der Waals surface area (Å²) in [4.78, 5) is 25.3. The molecule has 0 amide bonds. The van der Waals surface area contributed by atoms with Crippen LogP contribution >= 0.6 is 0 Å². The van der Waals surface area contributed by atoms with Crippen molar-refractivity contribution in [3.8, 4) is 0 Å². The Labute approximate surface area is 207 Å². The first-order valence-electron chi connectivity index (χ1n) is 11.8. The van der Waals surface area contributed by atoms with Crippen molar-refractivity contribution in [2.75, 3.05) is 20.3 Å². The molecule has 36 heavy (non-hydrogen) atoms. The van der Waals surface area contributed by atoms with Crippen molar-refractivity contribution in [1.29, 1.82) is 0 Å². The number of esters is 1. The number of piperidine rings is 1. The van der Waals surface area contributed by atoms with E-state index in [1.165, 1.54) is 24.1 Å². The third-order valence-corrected chi connectivity index (χ3v) is 7.02. The second kappa shape index (κ2) is 10.7. The number of hydrogen-bond acceptors (Lipinski definition) is 6. The molecule has 0 saturated carbocycles. The molecule has 1 saturated heterocycles. The summed E-state index contributed by atoms with van der Waals surface area (Å²) in [6.07, 6.45) is 1.60. The lowest BCUT2D eigenvalue weighted by Crippen LogP contribution is -2.63. The summed E-state index contributed by atoms with van der Waals surface area (Å²) < 4.78 is 39.3. The van der Waals surface area contributed by atoms with Gasteiger partial charge in [-0.05, 0) is 42.0 Å². The second-order valence-electron chi connectivity index (χ2n) is 9.16. The number of carbonyl (C=O) groups is 1. The van der Waals surface area contributed by atoms with Crippen molar-refractivity contribution in [2.24, 2.45) is 0 Å². The molecular formula is C26H30F2N4O4. The lowest BCUT2D eigenvalue weighted by molar-refractivity contribution is -0.154. The summed E-state index contributed by atoms with van der Waals surface area (Å²) in [5.74, 6) is -0.545. The smallest absolute Gasteiger partial charge is 0.344 e. The Morgan fingerprint density at radius 1 is 1.14 bits per heavy atom. The highest BCUT2D eigenvalue weighted by molar-refractivity contribution is 5.79. The van der Waals surface area contributed by atoms with Gasteiger partial charge in [0, 0.05) is 6.54 Å². The van der Waals surface area contributed by atoms with E-state index in [9.17, 15) is 18.4 Å². The van der Waals surface area contributed by atoms with Crippen molar-refractivity contribution in [1.82, 2.24) is 20.1 Å². The van der Waals surface area contributed by atoms with E-state index in [-0.39, 0.29) is 13.2 Å². The van der Waals surface area contributed by atoms with Gasteiger partial charge in [0.2, 0.25) is 0 Å². The monoisotopic (exact) mass is 500 g/mol. The van der Waals surface area contributed by atoms with Gasteiger partial charge in [-0.15, -0.1) is 0 Å². The number of methoxy groups -OCH3 is 1. The lowest BCUT2D eigenvalue weighted by Gasteiger charge is -2.46. The molecule has 10 heteroatoms. The van der Waals surface area contributed by atoms with Gasteiger partial charge in [-0.3, -0.25) is 4.57 Å². The average Bonchev–Trinajstić information content (AvgIpc) is 3.37. The highest BCUT2D eigenvalue weighted by Gasteiger charge is 2.51. The minimum Gasteiger partial charge on any atom is -0.467 e. The predicted octanol–water partition coefficient (Wildman–Crippen LogP) is 3.44. The number of aromatic amines is 1. The zero-order chi connectivity index (χ0) is 25.8. The average molecular weight is 501 g/mol. The molecule has 3 aromatic rings. The first-order valence-corrected chi connectivity index (χ1v) is 11.8. The van der Waals surface area contributed by atoms with Gasteiger partial charge in [0.1, 0.15) is 19.7 Å². The topological polar surface area (TPSA) is 98.2 Å². The molecular weight excluding hydrogens is 470 g/mol. The van der Waals surface area contributed by atoms with Crippen LogP contribution in [0.2, 0.25) is 0 Å². The first kappa shape index (κ1) is 25.7.